The molecule has 1 rings (SSSR count). The predicted molar refractivity (Wildman–Crippen MR) is 29.8 cm³/mol. The van der Waals surface area contributed by atoms with Gasteiger partial charge in [0, 0.05) is 22.6 Å². The molecule has 0 spiro atoms. The molecule has 5 heteroatoms. The lowest BCUT2D eigenvalue weighted by Gasteiger charge is -1.80. The van der Waals surface area contributed by atoms with Crippen molar-refractivity contribution in [3.8, 4) is 5.95 Å². The molecule has 0 unspecified atom stereocenters. The van der Waals surface area contributed by atoms with E-state index >= 15 is 0 Å². The Balaban J connectivity index is 3.19. The van der Waals surface area contributed by atoms with Crippen LogP contribution in [-0.4, -0.2) is 5.27 Å². The molecule has 0 saturated carbocycles. The maximum absolute atomic E-state index is 10.4. The summed E-state index contributed by atoms with van der Waals surface area (Å²) < 4.78 is 6.11. The van der Waals surface area contributed by atoms with Gasteiger partial charge in [-0.2, -0.15) is 0 Å². The summed E-state index contributed by atoms with van der Waals surface area (Å²) in [7, 11) is 1.65. The summed E-state index contributed by atoms with van der Waals surface area (Å²) in [5, 5.41) is 13.7. The lowest BCUT2D eigenvalue weighted by atomic mass is 10.9. The van der Waals surface area contributed by atoms with Gasteiger partial charge >= 0.3 is 0 Å². The molecule has 1 heterocycles. The highest BCUT2D eigenvalue weighted by Crippen LogP contribution is 2.07. The Morgan fingerprint density at radius 2 is 2.50 bits per heavy atom. The van der Waals surface area contributed by atoms with Crippen LogP contribution in [0.15, 0.2) is 4.52 Å². The van der Waals surface area contributed by atoms with Crippen molar-refractivity contribution in [3.05, 3.63) is 3.70 Å². The average molecular weight is 226 g/mol. The third kappa shape index (κ3) is 0.770. The second-order valence-corrected chi connectivity index (χ2v) is 2.30. The predicted octanol–water partition coefficient (Wildman–Crippen LogP) is -0.823. The van der Waals surface area contributed by atoms with E-state index in [1.807, 2.05) is 22.6 Å². The van der Waals surface area contributed by atoms with Crippen molar-refractivity contribution >= 4 is 22.6 Å². The minimum absolute atomic E-state index is 0.381. The number of hydrogen-bond donors (Lipinski definition) is 0. The molecule has 0 bridgehead atoms. The molecule has 0 amide bonds. The van der Waals surface area contributed by atoms with Gasteiger partial charge in [0.25, 0.3) is 3.70 Å². The Hall–Kier alpha value is -0.330. The second kappa shape index (κ2) is 1.88. The zero-order chi connectivity index (χ0) is 6.15. The highest BCUT2D eigenvalue weighted by atomic mass is 127. The first-order valence-electron chi connectivity index (χ1n) is 1.90. The quantitative estimate of drug-likeness (QED) is 0.428. The van der Waals surface area contributed by atoms with Gasteiger partial charge in [-0.15, -0.1) is 0 Å². The Kier molecular flexibility index (Phi) is 1.37. The van der Waals surface area contributed by atoms with Crippen molar-refractivity contribution in [3.63, 3.8) is 0 Å². The number of halogens is 1. The molecule has 0 fully saturated rings. The molecule has 0 aromatic carbocycles. The zero-order valence-electron chi connectivity index (χ0n) is 4.09. The Labute approximate surface area is 59.2 Å². The van der Waals surface area contributed by atoms with Crippen molar-refractivity contribution in [2.75, 3.05) is 0 Å². The van der Waals surface area contributed by atoms with Gasteiger partial charge in [0.05, 0.1) is 5.27 Å². The van der Waals surface area contributed by atoms with E-state index in [0.717, 1.165) is 0 Å². The molecule has 8 heavy (non-hydrogen) atoms. The molecule has 0 saturated heterocycles. The smallest absolute Gasteiger partial charge is 0.291 e. The molecule has 0 N–H and O–H groups in total. The monoisotopic (exact) mass is 226 g/mol. The summed E-state index contributed by atoms with van der Waals surface area (Å²) >= 11 is 1.86. The molecule has 1 aromatic heterocycles. The van der Waals surface area contributed by atoms with E-state index in [9.17, 15) is 5.11 Å². The van der Waals surface area contributed by atoms with Gasteiger partial charge < -0.3 is 9.63 Å². The van der Waals surface area contributed by atoms with E-state index in [0.29, 0.717) is 3.70 Å². The molecule has 0 aliphatic carbocycles. The molecular formula is C3H3IN2O2. The van der Waals surface area contributed by atoms with Gasteiger partial charge in [-0.3, -0.25) is 0 Å². The van der Waals surface area contributed by atoms with E-state index in [1.165, 1.54) is 4.68 Å². The molecule has 0 aliphatic rings. The summed E-state index contributed by atoms with van der Waals surface area (Å²) in [6, 6.07) is 0. The zero-order valence-corrected chi connectivity index (χ0v) is 6.25. The topological polar surface area (TPSA) is 53.0 Å². The number of nitrogens with zero attached hydrogens (tertiary/aromatic N) is 2. The van der Waals surface area contributed by atoms with Crippen molar-refractivity contribution in [1.29, 1.82) is 0 Å². The SMILES string of the molecule is C[n+]1noc([O-])c1I. The molecular weight excluding hydrogens is 223 g/mol. The summed E-state index contributed by atoms with van der Waals surface area (Å²) in [5.74, 6) is -0.381. The van der Waals surface area contributed by atoms with Crippen molar-refractivity contribution in [2.24, 2.45) is 7.05 Å². The lowest BCUT2D eigenvalue weighted by molar-refractivity contribution is -0.751. The fourth-order valence-corrected chi connectivity index (χ4v) is 0.490. The van der Waals surface area contributed by atoms with Crippen LogP contribution >= 0.6 is 22.6 Å². The molecule has 44 valence electrons. The number of hydrogen-bond acceptors (Lipinski definition) is 3. The van der Waals surface area contributed by atoms with Gasteiger partial charge in [0.15, 0.2) is 13.0 Å². The first kappa shape index (κ1) is 5.80. The van der Waals surface area contributed by atoms with E-state index in [2.05, 4.69) is 9.79 Å². The maximum Gasteiger partial charge on any atom is 0.291 e. The minimum Gasteiger partial charge on any atom is -0.538 e. The Bertz CT molecular complexity index is 178. The van der Waals surface area contributed by atoms with Crippen LogP contribution < -0.4 is 9.79 Å². The second-order valence-electron chi connectivity index (χ2n) is 1.27. The van der Waals surface area contributed by atoms with Gasteiger partial charge in [-0.1, -0.05) is 4.68 Å². The largest absolute Gasteiger partial charge is 0.538 e. The highest BCUT2D eigenvalue weighted by molar-refractivity contribution is 14.1. The van der Waals surface area contributed by atoms with Crippen molar-refractivity contribution in [1.82, 2.24) is 5.27 Å². The molecule has 0 radical (unpaired) electrons. The number of rotatable bonds is 0. The summed E-state index contributed by atoms with van der Waals surface area (Å²) in [6.07, 6.45) is 0. The van der Waals surface area contributed by atoms with Gasteiger partial charge in [0.2, 0.25) is 0 Å². The minimum atomic E-state index is -0.381. The normalized spacial score (nSPS) is 9.75. The first-order valence-corrected chi connectivity index (χ1v) is 2.98. The van der Waals surface area contributed by atoms with Crippen LogP contribution in [-0.2, 0) is 7.05 Å². The molecule has 1 aromatic rings. The lowest BCUT2D eigenvalue weighted by Crippen LogP contribution is -2.32. The van der Waals surface area contributed by atoms with E-state index in [-0.39, 0.29) is 5.95 Å². The average Bonchev–Trinajstić information content (AvgIpc) is 1.98. The van der Waals surface area contributed by atoms with Crippen molar-refractivity contribution in [2.45, 2.75) is 0 Å². The number of aryl methyl sites for hydroxylation is 1. The Morgan fingerprint density at radius 3 is 2.62 bits per heavy atom. The van der Waals surface area contributed by atoms with Crippen LogP contribution in [0.1, 0.15) is 0 Å². The number of aromatic nitrogens is 2. The van der Waals surface area contributed by atoms with Gasteiger partial charge in [-0.05, 0) is 0 Å². The molecule has 4 nitrogen and oxygen atoms in total. The van der Waals surface area contributed by atoms with Gasteiger partial charge in [0.1, 0.15) is 0 Å². The molecule has 0 atom stereocenters. The fraction of sp³-hybridized carbons (Fsp3) is 0.333. The fourth-order valence-electron chi connectivity index (χ4n) is 0.304. The third-order valence-electron chi connectivity index (χ3n) is 0.699. The maximum atomic E-state index is 10.4. The van der Waals surface area contributed by atoms with Crippen LogP contribution in [0, 0.1) is 3.70 Å². The van der Waals surface area contributed by atoms with Crippen LogP contribution in [0.25, 0.3) is 0 Å². The summed E-state index contributed by atoms with van der Waals surface area (Å²) in [6.45, 7) is 0. The van der Waals surface area contributed by atoms with Crippen LogP contribution in [0.2, 0.25) is 0 Å². The standard InChI is InChI=1S/C3H3IN2O2/c1-6-2(4)3(7)8-5-6/h1H3. The van der Waals surface area contributed by atoms with Gasteiger partial charge in [-0.25, -0.2) is 0 Å². The van der Waals surface area contributed by atoms with E-state index in [4.69, 9.17) is 0 Å². The van der Waals surface area contributed by atoms with Crippen LogP contribution in [0.4, 0.5) is 0 Å². The highest BCUT2D eigenvalue weighted by Gasteiger charge is 2.05. The van der Waals surface area contributed by atoms with E-state index in [1.54, 1.807) is 7.05 Å². The summed E-state index contributed by atoms with van der Waals surface area (Å²) in [4.78, 5) is 0. The Morgan fingerprint density at radius 1 is 1.88 bits per heavy atom. The van der Waals surface area contributed by atoms with Crippen LogP contribution in [0.3, 0.4) is 0 Å². The molecule has 0 aliphatic heterocycles. The van der Waals surface area contributed by atoms with Crippen molar-refractivity contribution < 1.29 is 14.3 Å². The first-order chi connectivity index (χ1) is 3.72. The van der Waals surface area contributed by atoms with Crippen LogP contribution in [0.5, 0.6) is 5.95 Å². The third-order valence-corrected chi connectivity index (χ3v) is 1.84. The summed E-state index contributed by atoms with van der Waals surface area (Å²) in [5.41, 5.74) is 0. The van der Waals surface area contributed by atoms with E-state index < -0.39 is 0 Å².